The second-order valence-electron chi connectivity index (χ2n) is 4.17. The smallest absolute Gasteiger partial charge is 0.136 e. The van der Waals surface area contributed by atoms with E-state index in [1.54, 1.807) is 5.01 Å². The molecule has 0 fully saturated rings. The van der Waals surface area contributed by atoms with Crippen LogP contribution in [0.15, 0.2) is 21.9 Å². The van der Waals surface area contributed by atoms with Crippen LogP contribution in [-0.2, 0) is 0 Å². The fourth-order valence-corrected chi connectivity index (χ4v) is 1.41. The fourth-order valence-electron chi connectivity index (χ4n) is 1.41. The first-order chi connectivity index (χ1) is 7.06. The van der Waals surface area contributed by atoms with Gasteiger partial charge in [-0.2, -0.15) is 5.10 Å². The predicted octanol–water partition coefficient (Wildman–Crippen LogP) is 2.49. The Kier molecular flexibility index (Phi) is 3.77. The molecular formula is C11H18N4. The summed E-state index contributed by atoms with van der Waals surface area (Å²) in [6.07, 6.45) is 4.79. The van der Waals surface area contributed by atoms with Gasteiger partial charge in [0.05, 0.1) is 11.4 Å². The van der Waals surface area contributed by atoms with Gasteiger partial charge in [0.25, 0.3) is 0 Å². The Morgan fingerprint density at radius 3 is 2.47 bits per heavy atom. The lowest BCUT2D eigenvalue weighted by molar-refractivity contribution is 0.569. The standard InChI is InChI=1S/C11H18N4/c1-8(2)5-10-11(9(3)4)13-7-14-15(10)6-12/h5-9,12H,1-4H3/b10-5-,12-6?. The lowest BCUT2D eigenvalue weighted by atomic mass is 10.0. The minimum Gasteiger partial charge on any atom is -0.289 e. The maximum absolute atomic E-state index is 7.29. The molecule has 0 aromatic heterocycles. The number of nitrogens with zero attached hydrogens (tertiary/aromatic N) is 3. The topological polar surface area (TPSA) is 51.8 Å². The van der Waals surface area contributed by atoms with Crippen molar-refractivity contribution in [1.29, 1.82) is 5.41 Å². The van der Waals surface area contributed by atoms with E-state index in [-0.39, 0.29) is 0 Å². The van der Waals surface area contributed by atoms with Crippen LogP contribution < -0.4 is 0 Å². The Balaban J connectivity index is 3.08. The van der Waals surface area contributed by atoms with Gasteiger partial charge < -0.3 is 0 Å². The summed E-state index contributed by atoms with van der Waals surface area (Å²) in [6.45, 7) is 8.39. The summed E-state index contributed by atoms with van der Waals surface area (Å²) in [5.74, 6) is 0.754. The van der Waals surface area contributed by atoms with E-state index in [9.17, 15) is 0 Å². The van der Waals surface area contributed by atoms with E-state index in [0.29, 0.717) is 11.8 Å². The van der Waals surface area contributed by atoms with Gasteiger partial charge in [-0.1, -0.05) is 33.8 Å². The van der Waals surface area contributed by atoms with Gasteiger partial charge in [-0.05, 0) is 11.8 Å². The number of hydrogen-bond acceptors (Lipinski definition) is 3. The van der Waals surface area contributed by atoms with Gasteiger partial charge in [0.1, 0.15) is 12.7 Å². The zero-order valence-electron chi connectivity index (χ0n) is 9.73. The molecule has 0 spiro atoms. The Morgan fingerprint density at radius 2 is 2.00 bits per heavy atom. The summed E-state index contributed by atoms with van der Waals surface area (Å²) in [5.41, 5.74) is 1.92. The lowest BCUT2D eigenvalue weighted by Crippen LogP contribution is -2.28. The first-order valence-corrected chi connectivity index (χ1v) is 5.18. The lowest BCUT2D eigenvalue weighted by Gasteiger charge is -2.23. The third-order valence-electron chi connectivity index (χ3n) is 2.04. The summed E-state index contributed by atoms with van der Waals surface area (Å²) < 4.78 is 0. The van der Waals surface area contributed by atoms with Crippen LogP contribution in [0.2, 0.25) is 0 Å². The molecule has 4 nitrogen and oxygen atoms in total. The molecule has 0 saturated heterocycles. The van der Waals surface area contributed by atoms with Crippen molar-refractivity contribution in [3.8, 4) is 0 Å². The van der Waals surface area contributed by atoms with Crippen molar-refractivity contribution in [3.05, 3.63) is 11.8 Å². The summed E-state index contributed by atoms with van der Waals surface area (Å²) >= 11 is 0. The molecule has 0 amide bonds. The van der Waals surface area contributed by atoms with Crippen molar-refractivity contribution in [2.75, 3.05) is 0 Å². The van der Waals surface area contributed by atoms with Gasteiger partial charge in [-0.3, -0.25) is 5.41 Å². The zero-order valence-corrected chi connectivity index (χ0v) is 9.73. The van der Waals surface area contributed by atoms with Crippen molar-refractivity contribution in [2.24, 2.45) is 21.9 Å². The summed E-state index contributed by atoms with van der Waals surface area (Å²) in [4.78, 5) is 4.27. The molecule has 0 aromatic carbocycles. The van der Waals surface area contributed by atoms with Crippen LogP contribution >= 0.6 is 0 Å². The molecule has 0 aliphatic carbocycles. The van der Waals surface area contributed by atoms with E-state index in [1.165, 1.54) is 12.7 Å². The molecule has 0 aromatic rings. The van der Waals surface area contributed by atoms with E-state index >= 15 is 0 Å². The Labute approximate surface area is 90.9 Å². The molecule has 0 unspecified atom stereocenters. The highest BCUT2D eigenvalue weighted by molar-refractivity contribution is 6.07. The number of rotatable bonds is 3. The second-order valence-corrected chi connectivity index (χ2v) is 4.17. The van der Waals surface area contributed by atoms with Crippen LogP contribution in [0.1, 0.15) is 27.7 Å². The van der Waals surface area contributed by atoms with Gasteiger partial charge in [0.2, 0.25) is 0 Å². The van der Waals surface area contributed by atoms with E-state index in [4.69, 9.17) is 5.41 Å². The number of nitrogens with one attached hydrogen (secondary N) is 1. The van der Waals surface area contributed by atoms with Crippen LogP contribution in [-0.4, -0.2) is 23.4 Å². The van der Waals surface area contributed by atoms with Crippen molar-refractivity contribution < 1.29 is 0 Å². The normalized spacial score (nSPS) is 18.9. The molecule has 4 heteroatoms. The summed E-state index contributed by atoms with van der Waals surface area (Å²) in [7, 11) is 0. The van der Waals surface area contributed by atoms with Crippen molar-refractivity contribution in [3.63, 3.8) is 0 Å². The molecule has 1 aliphatic heterocycles. The zero-order chi connectivity index (χ0) is 11.4. The third kappa shape index (κ3) is 2.75. The minimum absolute atomic E-state index is 0.337. The second kappa shape index (κ2) is 4.87. The number of aliphatic imine (C=N–C) groups is 1. The van der Waals surface area contributed by atoms with Gasteiger partial charge >= 0.3 is 0 Å². The highest BCUT2D eigenvalue weighted by Gasteiger charge is 2.19. The number of hydrogen-bond donors (Lipinski definition) is 1. The van der Waals surface area contributed by atoms with Gasteiger partial charge in [0.15, 0.2) is 0 Å². The first kappa shape index (κ1) is 11.6. The molecule has 1 heterocycles. The van der Waals surface area contributed by atoms with Crippen molar-refractivity contribution >= 4 is 18.4 Å². The molecule has 0 atom stereocenters. The maximum Gasteiger partial charge on any atom is 0.136 e. The molecule has 0 bridgehead atoms. The maximum atomic E-state index is 7.29. The van der Waals surface area contributed by atoms with Gasteiger partial charge in [0, 0.05) is 0 Å². The highest BCUT2D eigenvalue weighted by atomic mass is 15.5. The van der Waals surface area contributed by atoms with Crippen LogP contribution in [0.3, 0.4) is 0 Å². The monoisotopic (exact) mass is 206 g/mol. The molecule has 1 rings (SSSR count). The van der Waals surface area contributed by atoms with Crippen LogP contribution in [0.4, 0.5) is 0 Å². The molecule has 1 aliphatic rings. The fraction of sp³-hybridized carbons (Fsp3) is 0.545. The van der Waals surface area contributed by atoms with Crippen LogP contribution in [0, 0.1) is 17.2 Å². The van der Waals surface area contributed by atoms with Crippen LogP contribution in [0.25, 0.3) is 0 Å². The van der Waals surface area contributed by atoms with E-state index in [0.717, 1.165) is 11.4 Å². The van der Waals surface area contributed by atoms with Crippen molar-refractivity contribution in [1.82, 2.24) is 5.01 Å². The molecule has 0 radical (unpaired) electrons. The summed E-state index contributed by atoms with van der Waals surface area (Å²) in [6, 6.07) is 0. The minimum atomic E-state index is 0.337. The molecular weight excluding hydrogens is 188 g/mol. The SMILES string of the molecule is CC(C)/C=C1/C(C(C)C)=NC=NN1C=N. The predicted molar refractivity (Wildman–Crippen MR) is 64.3 cm³/mol. The Bertz CT molecular complexity index is 323. The first-order valence-electron chi connectivity index (χ1n) is 5.18. The average molecular weight is 206 g/mol. The van der Waals surface area contributed by atoms with Crippen molar-refractivity contribution in [2.45, 2.75) is 27.7 Å². The average Bonchev–Trinajstić information content (AvgIpc) is 2.16. The van der Waals surface area contributed by atoms with E-state index in [1.807, 2.05) is 0 Å². The Hall–Kier alpha value is -1.45. The van der Waals surface area contributed by atoms with Gasteiger partial charge in [-0.15, -0.1) is 0 Å². The quantitative estimate of drug-likeness (QED) is 0.559. The van der Waals surface area contributed by atoms with E-state index < -0.39 is 0 Å². The Morgan fingerprint density at radius 1 is 1.33 bits per heavy atom. The number of hydrazone groups is 1. The largest absolute Gasteiger partial charge is 0.289 e. The van der Waals surface area contributed by atoms with E-state index in [2.05, 4.69) is 43.9 Å². The molecule has 82 valence electrons. The number of allylic oxidation sites excluding steroid dienone is 2. The summed E-state index contributed by atoms with van der Waals surface area (Å²) in [5, 5.41) is 12.9. The molecule has 1 N–H and O–H groups in total. The van der Waals surface area contributed by atoms with Gasteiger partial charge in [-0.25, -0.2) is 10.0 Å². The molecule has 15 heavy (non-hydrogen) atoms. The molecule has 0 saturated carbocycles. The van der Waals surface area contributed by atoms with Crippen LogP contribution in [0.5, 0.6) is 0 Å². The highest BCUT2D eigenvalue weighted by Crippen LogP contribution is 2.17. The third-order valence-corrected chi connectivity index (χ3v) is 2.04.